The lowest BCUT2D eigenvalue weighted by Crippen LogP contribution is -1.91. The Morgan fingerprint density at radius 3 is 2.53 bits per heavy atom. The van der Waals surface area contributed by atoms with E-state index in [0.29, 0.717) is 5.56 Å². The van der Waals surface area contributed by atoms with E-state index in [4.69, 9.17) is 0 Å². The summed E-state index contributed by atoms with van der Waals surface area (Å²) < 4.78 is -0.247. The van der Waals surface area contributed by atoms with Gasteiger partial charge in [0.2, 0.25) is 0 Å². The lowest BCUT2D eigenvalue weighted by atomic mass is 10.2. The molecule has 0 spiro atoms. The maximum atomic E-state index is 10.4. The van der Waals surface area contributed by atoms with Crippen LogP contribution in [0.15, 0.2) is 28.9 Å². The molecule has 6 nitrogen and oxygen atoms in total. The summed E-state index contributed by atoms with van der Waals surface area (Å²) in [5, 5.41) is 20.7. The van der Waals surface area contributed by atoms with E-state index in [1.807, 2.05) is 0 Å². The van der Waals surface area contributed by atoms with Crippen LogP contribution < -0.4 is 0 Å². The molecule has 0 saturated heterocycles. The Balaban J connectivity index is 3.06. The van der Waals surface area contributed by atoms with E-state index in [2.05, 4.69) is 15.9 Å². The summed E-state index contributed by atoms with van der Waals surface area (Å²) >= 11 is 2.73. The maximum Gasteiger partial charge on any atom is 0.311 e. The molecule has 0 aliphatic carbocycles. The minimum Gasteiger partial charge on any atom is -0.258 e. The van der Waals surface area contributed by atoms with Gasteiger partial charge in [-0.15, -0.1) is 0 Å². The summed E-state index contributed by atoms with van der Waals surface area (Å²) in [4.78, 5) is 19.5. The van der Waals surface area contributed by atoms with Crippen LogP contribution in [0, 0.1) is 20.2 Å². The lowest BCUT2D eigenvalue weighted by molar-refractivity contribution is -0.407. The van der Waals surface area contributed by atoms with Crippen LogP contribution in [0.25, 0.3) is 6.08 Å². The van der Waals surface area contributed by atoms with Gasteiger partial charge in [0, 0.05) is 34.1 Å². The first-order valence-electron chi connectivity index (χ1n) is 3.77. The second-order valence-corrected chi connectivity index (χ2v) is 3.39. The van der Waals surface area contributed by atoms with E-state index in [1.54, 1.807) is 0 Å². The number of nitrogens with zero attached hydrogens (tertiary/aromatic N) is 2. The third-order valence-corrected chi connectivity index (χ3v) is 2.06. The molecule has 1 aromatic rings. The van der Waals surface area contributed by atoms with Gasteiger partial charge in [-0.2, -0.15) is 0 Å². The zero-order valence-corrected chi connectivity index (χ0v) is 8.88. The summed E-state index contributed by atoms with van der Waals surface area (Å²) in [5.41, 5.74) is 0.292. The van der Waals surface area contributed by atoms with Crippen molar-refractivity contribution in [3.05, 3.63) is 54.7 Å². The number of hydrogen-bond donors (Lipinski definition) is 0. The lowest BCUT2D eigenvalue weighted by Gasteiger charge is -1.93. The smallest absolute Gasteiger partial charge is 0.258 e. The summed E-state index contributed by atoms with van der Waals surface area (Å²) in [6.07, 6.45) is 1.20. The molecule has 1 rings (SSSR count). The summed E-state index contributed by atoms with van der Waals surface area (Å²) in [6, 6.07) is 5.57. The molecule has 0 N–H and O–H groups in total. The Morgan fingerprint density at radius 2 is 2.00 bits per heavy atom. The molecule has 0 radical (unpaired) electrons. The molecule has 1 aromatic carbocycles. The number of non-ortho nitro benzene ring substituents is 1. The van der Waals surface area contributed by atoms with Gasteiger partial charge >= 0.3 is 4.61 Å². The van der Waals surface area contributed by atoms with Crippen molar-refractivity contribution >= 4 is 27.7 Å². The van der Waals surface area contributed by atoms with Crippen molar-refractivity contribution in [3.8, 4) is 0 Å². The molecule has 0 heterocycles. The zero-order valence-electron chi connectivity index (χ0n) is 7.29. The first kappa shape index (κ1) is 11.3. The Bertz CT molecular complexity index is 444. The normalized spacial score (nSPS) is 11.1. The van der Waals surface area contributed by atoms with Crippen LogP contribution in [0.3, 0.4) is 0 Å². The topological polar surface area (TPSA) is 86.3 Å². The average molecular weight is 273 g/mol. The highest BCUT2D eigenvalue weighted by atomic mass is 79.9. The van der Waals surface area contributed by atoms with Gasteiger partial charge in [0.25, 0.3) is 5.69 Å². The van der Waals surface area contributed by atoms with Crippen molar-refractivity contribution in [1.82, 2.24) is 0 Å². The Hall–Kier alpha value is -1.76. The molecular formula is C8H5BrN2O4. The van der Waals surface area contributed by atoms with E-state index in [9.17, 15) is 20.2 Å². The Kier molecular flexibility index (Phi) is 3.51. The maximum absolute atomic E-state index is 10.4. The van der Waals surface area contributed by atoms with Gasteiger partial charge in [0.1, 0.15) is 0 Å². The summed E-state index contributed by atoms with van der Waals surface area (Å²) in [7, 11) is 0. The quantitative estimate of drug-likeness (QED) is 0.481. The highest BCUT2D eigenvalue weighted by Gasteiger charge is 2.08. The predicted octanol–water partition coefficient (Wildman–Crippen LogP) is 2.56. The van der Waals surface area contributed by atoms with Crippen molar-refractivity contribution in [3.63, 3.8) is 0 Å². The fourth-order valence-corrected chi connectivity index (χ4v) is 1.18. The largest absolute Gasteiger partial charge is 0.311 e. The Morgan fingerprint density at radius 1 is 1.33 bits per heavy atom. The fourth-order valence-electron chi connectivity index (χ4n) is 0.918. The predicted molar refractivity (Wildman–Crippen MR) is 57.0 cm³/mol. The molecule has 78 valence electrons. The van der Waals surface area contributed by atoms with Gasteiger partial charge in [-0.1, -0.05) is 12.1 Å². The van der Waals surface area contributed by atoms with Gasteiger partial charge in [0.15, 0.2) is 0 Å². The number of nitro groups is 2. The summed E-state index contributed by atoms with van der Waals surface area (Å²) in [5.74, 6) is 0. The number of nitro benzene ring substituents is 1. The van der Waals surface area contributed by atoms with Crippen LogP contribution in [0.2, 0.25) is 0 Å². The van der Waals surface area contributed by atoms with E-state index in [0.717, 1.165) is 0 Å². The monoisotopic (exact) mass is 272 g/mol. The second-order valence-electron chi connectivity index (χ2n) is 2.58. The second kappa shape index (κ2) is 4.65. The van der Waals surface area contributed by atoms with E-state index < -0.39 is 9.85 Å². The minimum atomic E-state index is -0.626. The molecular weight excluding hydrogens is 268 g/mol. The molecule has 0 bridgehead atoms. The number of hydrogen-bond acceptors (Lipinski definition) is 4. The first-order chi connectivity index (χ1) is 7.00. The number of halogens is 1. The van der Waals surface area contributed by atoms with Crippen LogP contribution in [0.1, 0.15) is 5.56 Å². The first-order valence-corrected chi connectivity index (χ1v) is 4.56. The van der Waals surface area contributed by atoms with Crippen molar-refractivity contribution in [1.29, 1.82) is 0 Å². The summed E-state index contributed by atoms with van der Waals surface area (Å²) in [6.45, 7) is 0. The van der Waals surface area contributed by atoms with E-state index >= 15 is 0 Å². The molecule has 0 amide bonds. The zero-order chi connectivity index (χ0) is 11.4. The SMILES string of the molecule is O=[N+]([O-])C(Br)=Cc1cccc([N+](=O)[O-])c1. The van der Waals surface area contributed by atoms with Crippen LogP contribution in [0.5, 0.6) is 0 Å². The fraction of sp³-hybridized carbons (Fsp3) is 0. The highest BCUT2D eigenvalue weighted by Crippen LogP contribution is 2.17. The molecule has 0 fully saturated rings. The molecule has 0 aliphatic rings. The number of benzene rings is 1. The molecule has 7 heteroatoms. The molecule has 0 aliphatic heterocycles. The Labute approximate surface area is 92.6 Å². The van der Waals surface area contributed by atoms with Crippen LogP contribution in [0.4, 0.5) is 5.69 Å². The van der Waals surface area contributed by atoms with Crippen molar-refractivity contribution in [2.24, 2.45) is 0 Å². The van der Waals surface area contributed by atoms with Crippen molar-refractivity contribution in [2.45, 2.75) is 0 Å². The van der Waals surface area contributed by atoms with Gasteiger partial charge < -0.3 is 0 Å². The molecule has 0 saturated carbocycles. The van der Waals surface area contributed by atoms with Gasteiger partial charge in [-0.05, 0) is 5.56 Å². The van der Waals surface area contributed by atoms with Crippen LogP contribution in [-0.2, 0) is 0 Å². The third kappa shape index (κ3) is 3.13. The van der Waals surface area contributed by atoms with Crippen molar-refractivity contribution in [2.75, 3.05) is 0 Å². The third-order valence-electron chi connectivity index (χ3n) is 1.54. The van der Waals surface area contributed by atoms with Crippen LogP contribution >= 0.6 is 15.9 Å². The van der Waals surface area contributed by atoms with Gasteiger partial charge in [0.05, 0.1) is 9.85 Å². The average Bonchev–Trinajstić information content (AvgIpc) is 2.18. The van der Waals surface area contributed by atoms with E-state index in [-0.39, 0.29) is 10.3 Å². The minimum absolute atomic E-state index is 0.104. The molecule has 15 heavy (non-hydrogen) atoms. The highest BCUT2D eigenvalue weighted by molar-refractivity contribution is 9.11. The van der Waals surface area contributed by atoms with Gasteiger partial charge in [-0.3, -0.25) is 20.2 Å². The molecule has 0 unspecified atom stereocenters. The molecule has 0 aromatic heterocycles. The van der Waals surface area contributed by atoms with Crippen LogP contribution in [-0.4, -0.2) is 9.85 Å². The standard InChI is InChI=1S/C8H5BrN2O4/c9-8(11(14)15)5-6-2-1-3-7(4-6)10(12)13/h1-5H. The van der Waals surface area contributed by atoms with E-state index in [1.165, 1.54) is 30.3 Å². The van der Waals surface area contributed by atoms with Crippen molar-refractivity contribution < 1.29 is 9.85 Å². The number of rotatable bonds is 3. The van der Waals surface area contributed by atoms with Gasteiger partial charge in [-0.25, -0.2) is 0 Å². The molecule has 0 atom stereocenters.